The van der Waals surface area contributed by atoms with Crippen molar-refractivity contribution >= 4 is 0 Å². The summed E-state index contributed by atoms with van der Waals surface area (Å²) in [6, 6.07) is 0. The normalized spacial score (nSPS) is 25.1. The van der Waals surface area contributed by atoms with E-state index in [0.29, 0.717) is 0 Å². The molecule has 0 N–H and O–H groups in total. The molecule has 0 nitrogen and oxygen atoms in total. The minimum atomic E-state index is 1.02. The summed E-state index contributed by atoms with van der Waals surface area (Å²) in [5.74, 6) is 0. The third-order valence-corrected chi connectivity index (χ3v) is 1.98. The molecule has 0 bridgehead atoms. The summed E-state index contributed by atoms with van der Waals surface area (Å²) in [7, 11) is 0. The maximum absolute atomic E-state index is 2.24. The largest absolute Gasteiger partial charge is 0.0879 e. The van der Waals surface area contributed by atoms with Crippen LogP contribution in [0.3, 0.4) is 0 Å². The highest BCUT2D eigenvalue weighted by Gasteiger charge is 1.76. The van der Waals surface area contributed by atoms with Gasteiger partial charge in [-0.1, -0.05) is 60.8 Å². The molecule has 0 aromatic carbocycles. The van der Waals surface area contributed by atoms with Crippen LogP contribution in [0.25, 0.3) is 0 Å². The van der Waals surface area contributed by atoms with Crippen molar-refractivity contribution in [2.24, 2.45) is 0 Å². The van der Waals surface area contributed by atoms with Gasteiger partial charge in [0.05, 0.1) is 0 Å². The molecule has 0 unspecified atom stereocenters. The fourth-order valence-electron chi connectivity index (χ4n) is 1.21. The summed E-state index contributed by atoms with van der Waals surface area (Å²) in [6.45, 7) is 0. The molecule has 0 atom stereocenters. The zero-order valence-corrected chi connectivity index (χ0v) is 8.60. The molecule has 1 aliphatic rings. The second kappa shape index (κ2) is 8.31. The Morgan fingerprint density at radius 3 is 1.64 bits per heavy atom. The topological polar surface area (TPSA) is 0 Å². The van der Waals surface area contributed by atoms with Crippen LogP contribution in [0.5, 0.6) is 0 Å². The Kier molecular flexibility index (Phi) is 6.39. The molecule has 0 saturated heterocycles. The Bertz CT molecular complexity index is 262. The fourth-order valence-corrected chi connectivity index (χ4v) is 1.21. The van der Waals surface area contributed by atoms with Crippen molar-refractivity contribution in [3.63, 3.8) is 0 Å². The lowest BCUT2D eigenvalue weighted by molar-refractivity contribution is 1.04. The van der Waals surface area contributed by atoms with E-state index in [1.54, 1.807) is 0 Å². The molecule has 0 aromatic heterocycles. The van der Waals surface area contributed by atoms with E-state index in [9.17, 15) is 0 Å². The van der Waals surface area contributed by atoms with Gasteiger partial charge < -0.3 is 0 Å². The number of rotatable bonds is 0. The van der Waals surface area contributed by atoms with Crippen molar-refractivity contribution in [3.05, 3.63) is 60.8 Å². The highest BCUT2D eigenvalue weighted by Crippen LogP contribution is 1.97. The Morgan fingerprint density at radius 2 is 0.929 bits per heavy atom. The molecule has 0 heteroatoms. The quantitative estimate of drug-likeness (QED) is 0.494. The first-order valence-electron chi connectivity index (χ1n) is 5.28. The Labute approximate surface area is 87.0 Å². The summed E-state index contributed by atoms with van der Waals surface area (Å²) in [6.07, 6.45) is 26.0. The Hall–Kier alpha value is -1.30. The average Bonchev–Trinajstić information content (AvgIpc) is 2.22. The van der Waals surface area contributed by atoms with Crippen LogP contribution >= 0.6 is 0 Å². The Balaban J connectivity index is 2.45. The lowest BCUT2D eigenvalue weighted by Crippen LogP contribution is -1.66. The lowest BCUT2D eigenvalue weighted by Gasteiger charge is -1.87. The van der Waals surface area contributed by atoms with E-state index < -0.39 is 0 Å². The highest BCUT2D eigenvalue weighted by molar-refractivity contribution is 5.10. The highest BCUT2D eigenvalue weighted by atomic mass is 13.8. The summed E-state index contributed by atoms with van der Waals surface area (Å²) >= 11 is 0. The molecule has 0 saturated carbocycles. The molecule has 1 aliphatic carbocycles. The second-order valence-electron chi connectivity index (χ2n) is 3.23. The molecule has 14 heavy (non-hydrogen) atoms. The third kappa shape index (κ3) is 6.24. The second-order valence-corrected chi connectivity index (χ2v) is 3.23. The maximum Gasteiger partial charge on any atom is -0.0163 e. The van der Waals surface area contributed by atoms with Crippen LogP contribution < -0.4 is 0 Å². The van der Waals surface area contributed by atoms with Gasteiger partial charge in [-0.05, 0) is 25.7 Å². The summed E-state index contributed by atoms with van der Waals surface area (Å²) < 4.78 is 0. The zero-order chi connectivity index (χ0) is 9.90. The van der Waals surface area contributed by atoms with E-state index in [1.165, 1.54) is 0 Å². The van der Waals surface area contributed by atoms with Crippen LogP contribution in [0.2, 0.25) is 0 Å². The zero-order valence-electron chi connectivity index (χ0n) is 8.60. The van der Waals surface area contributed by atoms with Gasteiger partial charge in [-0.25, -0.2) is 0 Å². The van der Waals surface area contributed by atoms with Gasteiger partial charge in [0.1, 0.15) is 0 Å². The molecular formula is C14H18. The summed E-state index contributed by atoms with van der Waals surface area (Å²) in [5.41, 5.74) is 0. The van der Waals surface area contributed by atoms with E-state index in [1.807, 2.05) is 0 Å². The van der Waals surface area contributed by atoms with Crippen molar-refractivity contribution in [2.45, 2.75) is 25.7 Å². The molecule has 74 valence electrons. The Morgan fingerprint density at radius 1 is 0.429 bits per heavy atom. The van der Waals surface area contributed by atoms with Crippen LogP contribution in [-0.2, 0) is 0 Å². The molecule has 0 radical (unpaired) electrons. The van der Waals surface area contributed by atoms with Gasteiger partial charge in [0.2, 0.25) is 0 Å². The van der Waals surface area contributed by atoms with Crippen molar-refractivity contribution in [1.29, 1.82) is 0 Å². The van der Waals surface area contributed by atoms with Crippen LogP contribution in [-0.4, -0.2) is 0 Å². The predicted octanol–water partition coefficient (Wildman–Crippen LogP) is 4.34. The molecule has 1 rings (SSSR count). The van der Waals surface area contributed by atoms with Crippen molar-refractivity contribution < 1.29 is 0 Å². The predicted molar refractivity (Wildman–Crippen MR) is 64.2 cm³/mol. The lowest BCUT2D eigenvalue weighted by atomic mass is 10.2. The van der Waals surface area contributed by atoms with E-state index >= 15 is 0 Å². The van der Waals surface area contributed by atoms with Crippen LogP contribution in [0.1, 0.15) is 25.7 Å². The first kappa shape index (κ1) is 10.8. The number of hydrogen-bond acceptors (Lipinski definition) is 0. The molecule has 0 amide bonds. The van der Waals surface area contributed by atoms with Gasteiger partial charge in [0.25, 0.3) is 0 Å². The van der Waals surface area contributed by atoms with E-state index in [-0.39, 0.29) is 0 Å². The van der Waals surface area contributed by atoms with Crippen LogP contribution in [0, 0.1) is 0 Å². The smallest absolute Gasteiger partial charge is 0.0163 e. The van der Waals surface area contributed by atoms with E-state index in [0.717, 1.165) is 25.7 Å². The van der Waals surface area contributed by atoms with E-state index in [2.05, 4.69) is 60.8 Å². The number of allylic oxidation sites excluding steroid dienone is 10. The van der Waals surface area contributed by atoms with Crippen LogP contribution in [0.15, 0.2) is 60.8 Å². The van der Waals surface area contributed by atoms with Gasteiger partial charge >= 0.3 is 0 Å². The minimum absolute atomic E-state index is 1.02. The van der Waals surface area contributed by atoms with Gasteiger partial charge in [0, 0.05) is 0 Å². The monoisotopic (exact) mass is 186 g/mol. The molecule has 0 heterocycles. The van der Waals surface area contributed by atoms with Crippen molar-refractivity contribution in [3.8, 4) is 0 Å². The van der Waals surface area contributed by atoms with Crippen molar-refractivity contribution in [2.75, 3.05) is 0 Å². The standard InChI is InChI=1S/C14H18/c1-2-4-6-8-10-12-14-13-11-9-7-5-3-1/h1-4,7-11,13H,5-6,12,14H2/b3-1?,4-2?,9-7-,10-8+,13-11+. The first-order valence-corrected chi connectivity index (χ1v) is 5.28. The van der Waals surface area contributed by atoms with Gasteiger partial charge in [-0.15, -0.1) is 0 Å². The molecule has 0 aliphatic heterocycles. The molecule has 0 fully saturated rings. The summed E-state index contributed by atoms with van der Waals surface area (Å²) in [5, 5.41) is 0. The summed E-state index contributed by atoms with van der Waals surface area (Å²) in [4.78, 5) is 0. The van der Waals surface area contributed by atoms with Gasteiger partial charge in [-0.3, -0.25) is 0 Å². The molecule has 0 spiro atoms. The minimum Gasteiger partial charge on any atom is -0.0879 e. The van der Waals surface area contributed by atoms with Gasteiger partial charge in [0.15, 0.2) is 0 Å². The fraction of sp³-hybridized carbons (Fsp3) is 0.286. The van der Waals surface area contributed by atoms with Crippen molar-refractivity contribution in [1.82, 2.24) is 0 Å². The van der Waals surface area contributed by atoms with Crippen LogP contribution in [0.4, 0.5) is 0 Å². The first-order chi connectivity index (χ1) is 7.00. The maximum atomic E-state index is 2.24. The van der Waals surface area contributed by atoms with E-state index in [4.69, 9.17) is 0 Å². The molecular weight excluding hydrogens is 168 g/mol. The van der Waals surface area contributed by atoms with Gasteiger partial charge in [-0.2, -0.15) is 0 Å². The third-order valence-electron chi connectivity index (χ3n) is 1.98. The number of hydrogen-bond donors (Lipinski definition) is 0. The SMILES string of the molecule is C1=CC/C=C\C=C\CC/C=C/CC=C1. The average molecular weight is 186 g/mol. The molecule has 0 aromatic rings.